The predicted octanol–water partition coefficient (Wildman–Crippen LogP) is 3.01. The number of halogens is 1. The Bertz CT molecular complexity index is 410. The SMILES string of the molecule is S=C(/C=C/c1ccc(Cl)cc1)N1CCOCC1. The van der Waals surface area contributed by atoms with Crippen molar-refractivity contribution in [2.75, 3.05) is 26.3 Å². The first-order chi connectivity index (χ1) is 8.25. The van der Waals surface area contributed by atoms with Gasteiger partial charge < -0.3 is 9.64 Å². The summed E-state index contributed by atoms with van der Waals surface area (Å²) < 4.78 is 5.29. The highest BCUT2D eigenvalue weighted by molar-refractivity contribution is 7.80. The topological polar surface area (TPSA) is 12.5 Å². The molecule has 1 saturated heterocycles. The van der Waals surface area contributed by atoms with Crippen LogP contribution in [-0.2, 0) is 4.74 Å². The van der Waals surface area contributed by atoms with Gasteiger partial charge >= 0.3 is 0 Å². The van der Waals surface area contributed by atoms with Gasteiger partial charge in [0.15, 0.2) is 0 Å². The summed E-state index contributed by atoms with van der Waals surface area (Å²) in [6.45, 7) is 3.28. The molecule has 0 radical (unpaired) electrons. The second-order valence-electron chi connectivity index (χ2n) is 3.82. The number of benzene rings is 1. The maximum absolute atomic E-state index is 5.82. The minimum atomic E-state index is 0.748. The fourth-order valence-corrected chi connectivity index (χ4v) is 2.01. The second kappa shape index (κ2) is 6.15. The van der Waals surface area contributed by atoms with Gasteiger partial charge in [0.25, 0.3) is 0 Å². The Morgan fingerprint density at radius 3 is 2.53 bits per heavy atom. The zero-order chi connectivity index (χ0) is 12.1. The minimum absolute atomic E-state index is 0.748. The van der Waals surface area contributed by atoms with Gasteiger partial charge in [-0.2, -0.15) is 0 Å². The molecule has 1 heterocycles. The molecule has 0 aliphatic carbocycles. The van der Waals surface area contributed by atoms with Crippen LogP contribution in [0, 0.1) is 0 Å². The molecule has 0 saturated carbocycles. The molecule has 0 N–H and O–H groups in total. The number of morpholine rings is 1. The lowest BCUT2D eigenvalue weighted by Crippen LogP contribution is -2.38. The summed E-state index contributed by atoms with van der Waals surface area (Å²) in [5.74, 6) is 0. The van der Waals surface area contributed by atoms with Gasteiger partial charge in [-0.1, -0.05) is 42.0 Å². The molecule has 0 aromatic heterocycles. The molecule has 0 amide bonds. The van der Waals surface area contributed by atoms with Gasteiger partial charge in [-0.3, -0.25) is 0 Å². The molecule has 0 atom stereocenters. The van der Waals surface area contributed by atoms with Crippen LogP contribution in [-0.4, -0.2) is 36.2 Å². The van der Waals surface area contributed by atoms with Crippen molar-refractivity contribution in [2.24, 2.45) is 0 Å². The zero-order valence-electron chi connectivity index (χ0n) is 9.43. The van der Waals surface area contributed by atoms with E-state index >= 15 is 0 Å². The lowest BCUT2D eigenvalue weighted by Gasteiger charge is -2.27. The van der Waals surface area contributed by atoms with Crippen molar-refractivity contribution >= 4 is 34.9 Å². The molecular formula is C13H14ClNOS. The van der Waals surface area contributed by atoms with E-state index in [1.165, 1.54) is 0 Å². The standard InChI is InChI=1S/C13H14ClNOS/c14-12-4-1-11(2-5-12)3-6-13(17)15-7-9-16-10-8-15/h1-6H,7-10H2/b6-3+. The number of hydrogen-bond donors (Lipinski definition) is 0. The summed E-state index contributed by atoms with van der Waals surface area (Å²) in [5.41, 5.74) is 1.10. The van der Waals surface area contributed by atoms with E-state index in [9.17, 15) is 0 Å². The van der Waals surface area contributed by atoms with Gasteiger partial charge in [-0.15, -0.1) is 0 Å². The summed E-state index contributed by atoms with van der Waals surface area (Å²) in [4.78, 5) is 3.02. The lowest BCUT2D eigenvalue weighted by molar-refractivity contribution is 0.0694. The Morgan fingerprint density at radius 1 is 1.24 bits per heavy atom. The molecule has 2 rings (SSSR count). The Kier molecular flexibility index (Phi) is 4.54. The summed E-state index contributed by atoms with van der Waals surface area (Å²) in [6, 6.07) is 7.69. The molecule has 1 aromatic rings. The average Bonchev–Trinajstić information content (AvgIpc) is 2.39. The Labute approximate surface area is 112 Å². The number of ether oxygens (including phenoxy) is 1. The van der Waals surface area contributed by atoms with Crippen molar-refractivity contribution in [1.29, 1.82) is 0 Å². The Morgan fingerprint density at radius 2 is 1.88 bits per heavy atom. The van der Waals surface area contributed by atoms with E-state index in [2.05, 4.69) is 4.90 Å². The van der Waals surface area contributed by atoms with Gasteiger partial charge in [0.05, 0.1) is 13.2 Å². The molecule has 1 aliphatic rings. The van der Waals surface area contributed by atoms with Crippen LogP contribution in [0.1, 0.15) is 5.56 Å². The number of hydrogen-bond acceptors (Lipinski definition) is 2. The van der Waals surface area contributed by atoms with Crippen molar-refractivity contribution in [3.8, 4) is 0 Å². The van der Waals surface area contributed by atoms with Crippen LogP contribution in [0.15, 0.2) is 30.3 Å². The zero-order valence-corrected chi connectivity index (χ0v) is 11.0. The van der Waals surface area contributed by atoms with Crippen molar-refractivity contribution in [2.45, 2.75) is 0 Å². The normalized spacial score (nSPS) is 16.4. The lowest BCUT2D eigenvalue weighted by atomic mass is 10.2. The molecule has 0 spiro atoms. The summed E-state index contributed by atoms with van der Waals surface area (Å²) in [5, 5.41) is 0.748. The molecule has 4 heteroatoms. The molecule has 2 nitrogen and oxygen atoms in total. The fraction of sp³-hybridized carbons (Fsp3) is 0.308. The third-order valence-electron chi connectivity index (χ3n) is 2.61. The highest BCUT2D eigenvalue weighted by Gasteiger charge is 2.10. The van der Waals surface area contributed by atoms with E-state index in [4.69, 9.17) is 28.6 Å². The maximum Gasteiger partial charge on any atom is 0.102 e. The summed E-state index contributed by atoms with van der Waals surface area (Å²) >= 11 is 11.2. The van der Waals surface area contributed by atoms with Crippen molar-refractivity contribution < 1.29 is 4.74 Å². The summed E-state index contributed by atoms with van der Waals surface area (Å²) in [6.07, 6.45) is 3.97. The van der Waals surface area contributed by atoms with Crippen LogP contribution in [0.4, 0.5) is 0 Å². The van der Waals surface area contributed by atoms with Crippen molar-refractivity contribution in [3.63, 3.8) is 0 Å². The Hall–Kier alpha value is -0.900. The van der Waals surface area contributed by atoms with Crippen LogP contribution in [0.25, 0.3) is 6.08 Å². The molecule has 1 fully saturated rings. The van der Waals surface area contributed by atoms with Crippen LogP contribution in [0.2, 0.25) is 5.02 Å². The first kappa shape index (κ1) is 12.6. The third kappa shape index (κ3) is 3.80. The molecule has 90 valence electrons. The van der Waals surface area contributed by atoms with Crippen LogP contribution >= 0.6 is 23.8 Å². The summed E-state index contributed by atoms with van der Waals surface area (Å²) in [7, 11) is 0. The minimum Gasteiger partial charge on any atom is -0.378 e. The predicted molar refractivity (Wildman–Crippen MR) is 75.5 cm³/mol. The molecule has 0 bridgehead atoms. The van der Waals surface area contributed by atoms with Crippen molar-refractivity contribution in [3.05, 3.63) is 40.9 Å². The molecule has 17 heavy (non-hydrogen) atoms. The smallest absolute Gasteiger partial charge is 0.102 e. The highest BCUT2D eigenvalue weighted by Crippen LogP contribution is 2.11. The van der Waals surface area contributed by atoms with E-state index in [1.807, 2.05) is 36.4 Å². The van der Waals surface area contributed by atoms with E-state index in [0.717, 1.165) is 41.9 Å². The van der Waals surface area contributed by atoms with E-state index in [1.54, 1.807) is 0 Å². The van der Waals surface area contributed by atoms with Gasteiger partial charge in [0, 0.05) is 18.1 Å². The first-order valence-electron chi connectivity index (χ1n) is 5.56. The average molecular weight is 268 g/mol. The molecule has 1 aliphatic heterocycles. The van der Waals surface area contributed by atoms with Crippen LogP contribution in [0.3, 0.4) is 0 Å². The molecular weight excluding hydrogens is 254 g/mol. The fourth-order valence-electron chi connectivity index (χ4n) is 1.63. The second-order valence-corrected chi connectivity index (χ2v) is 4.68. The van der Waals surface area contributed by atoms with Crippen LogP contribution in [0.5, 0.6) is 0 Å². The van der Waals surface area contributed by atoms with E-state index in [-0.39, 0.29) is 0 Å². The van der Waals surface area contributed by atoms with Crippen LogP contribution < -0.4 is 0 Å². The van der Waals surface area contributed by atoms with E-state index < -0.39 is 0 Å². The number of rotatable bonds is 2. The number of nitrogens with zero attached hydrogens (tertiary/aromatic N) is 1. The van der Waals surface area contributed by atoms with Gasteiger partial charge in [-0.25, -0.2) is 0 Å². The number of thiocarbonyl (C=S) groups is 1. The van der Waals surface area contributed by atoms with Gasteiger partial charge in [0.2, 0.25) is 0 Å². The van der Waals surface area contributed by atoms with Gasteiger partial charge in [-0.05, 0) is 23.8 Å². The largest absolute Gasteiger partial charge is 0.378 e. The van der Waals surface area contributed by atoms with Crippen molar-refractivity contribution in [1.82, 2.24) is 4.90 Å². The van der Waals surface area contributed by atoms with E-state index in [0.29, 0.717) is 0 Å². The monoisotopic (exact) mass is 267 g/mol. The molecule has 1 aromatic carbocycles. The maximum atomic E-state index is 5.82. The third-order valence-corrected chi connectivity index (χ3v) is 3.26. The highest BCUT2D eigenvalue weighted by atomic mass is 35.5. The first-order valence-corrected chi connectivity index (χ1v) is 6.34. The quantitative estimate of drug-likeness (QED) is 0.604. The van der Waals surface area contributed by atoms with Gasteiger partial charge in [0.1, 0.15) is 4.99 Å². The Balaban J connectivity index is 1.95. The molecule has 0 unspecified atom stereocenters.